The highest BCUT2D eigenvalue weighted by Gasteiger charge is 2.31. The predicted molar refractivity (Wildman–Crippen MR) is 90.8 cm³/mol. The molecule has 1 aliphatic rings. The third kappa shape index (κ3) is 4.44. The van der Waals surface area contributed by atoms with E-state index in [1.165, 1.54) is 0 Å². The highest BCUT2D eigenvalue weighted by Crippen LogP contribution is 2.17. The average Bonchev–Trinajstić information content (AvgIpc) is 2.97. The van der Waals surface area contributed by atoms with E-state index >= 15 is 0 Å². The van der Waals surface area contributed by atoms with Crippen molar-refractivity contribution in [2.75, 3.05) is 6.54 Å². The summed E-state index contributed by atoms with van der Waals surface area (Å²) >= 11 is 0. The van der Waals surface area contributed by atoms with Crippen LogP contribution in [-0.4, -0.2) is 29.3 Å². The normalized spacial score (nSPS) is 13.7. The zero-order valence-electron chi connectivity index (χ0n) is 13.6. The van der Waals surface area contributed by atoms with E-state index in [0.29, 0.717) is 13.0 Å². The summed E-state index contributed by atoms with van der Waals surface area (Å²) in [5.74, 6) is -0.0866. The molecular weight excluding hydrogens is 320 g/mol. The van der Waals surface area contributed by atoms with Gasteiger partial charge in [0.1, 0.15) is 18.9 Å². The van der Waals surface area contributed by atoms with Crippen LogP contribution in [0.15, 0.2) is 54.6 Å². The third-order valence-electron chi connectivity index (χ3n) is 3.87. The van der Waals surface area contributed by atoms with Crippen LogP contribution in [-0.2, 0) is 22.6 Å². The number of hydrogen-bond acceptors (Lipinski definition) is 4. The number of amides is 4. The number of benzene rings is 2. The van der Waals surface area contributed by atoms with E-state index in [-0.39, 0.29) is 18.9 Å². The largest absolute Gasteiger partial charge is 0.489 e. The summed E-state index contributed by atoms with van der Waals surface area (Å²) in [6.45, 7) is 0.275. The lowest BCUT2D eigenvalue weighted by Gasteiger charge is -2.11. The summed E-state index contributed by atoms with van der Waals surface area (Å²) in [5, 5.41) is 2.09. The monoisotopic (exact) mass is 338 g/mol. The molecule has 0 atom stereocenters. The van der Waals surface area contributed by atoms with Gasteiger partial charge in [-0.1, -0.05) is 42.5 Å². The number of rotatable bonds is 6. The molecule has 1 heterocycles. The van der Waals surface area contributed by atoms with Crippen molar-refractivity contribution in [1.29, 1.82) is 0 Å². The predicted octanol–water partition coefficient (Wildman–Crippen LogP) is 2.28. The number of nitrogens with one attached hydrogen (secondary N) is 1. The van der Waals surface area contributed by atoms with E-state index in [9.17, 15) is 14.4 Å². The van der Waals surface area contributed by atoms with Gasteiger partial charge >= 0.3 is 6.03 Å². The Labute approximate surface area is 145 Å². The topological polar surface area (TPSA) is 75.7 Å². The van der Waals surface area contributed by atoms with E-state index in [4.69, 9.17) is 4.74 Å². The van der Waals surface area contributed by atoms with Crippen molar-refractivity contribution >= 4 is 17.8 Å². The molecule has 4 amide bonds. The number of imide groups is 2. The molecule has 0 aromatic heterocycles. The second-order valence-electron chi connectivity index (χ2n) is 5.75. The first-order valence-electron chi connectivity index (χ1n) is 8.01. The number of urea groups is 1. The molecule has 6 nitrogen and oxygen atoms in total. The van der Waals surface area contributed by atoms with E-state index in [1.54, 1.807) is 0 Å². The Bertz CT molecular complexity index is 789. The lowest BCUT2D eigenvalue weighted by atomic mass is 10.1. The Balaban J connectivity index is 1.54. The van der Waals surface area contributed by atoms with Crippen LogP contribution in [0.3, 0.4) is 0 Å². The number of ether oxygens (including phenoxy) is 1. The van der Waals surface area contributed by atoms with Crippen molar-refractivity contribution < 1.29 is 19.1 Å². The Kier molecular flexibility index (Phi) is 5.09. The molecule has 1 N–H and O–H groups in total. The van der Waals surface area contributed by atoms with Gasteiger partial charge in [0, 0.05) is 6.42 Å². The summed E-state index contributed by atoms with van der Waals surface area (Å²) in [6, 6.07) is 16.7. The van der Waals surface area contributed by atoms with E-state index in [2.05, 4.69) is 5.32 Å². The molecule has 1 saturated heterocycles. The molecule has 2 aromatic carbocycles. The molecular formula is C19H18N2O4. The van der Waals surface area contributed by atoms with E-state index in [0.717, 1.165) is 21.8 Å². The Morgan fingerprint density at radius 1 is 1.04 bits per heavy atom. The first-order chi connectivity index (χ1) is 12.1. The molecule has 128 valence electrons. The minimum atomic E-state index is -0.644. The summed E-state index contributed by atoms with van der Waals surface area (Å²) in [5.41, 5.74) is 2.01. The van der Waals surface area contributed by atoms with Crippen molar-refractivity contribution in [1.82, 2.24) is 10.2 Å². The minimum Gasteiger partial charge on any atom is -0.489 e. The molecule has 2 aromatic rings. The van der Waals surface area contributed by atoms with Crippen LogP contribution in [0, 0.1) is 0 Å². The van der Waals surface area contributed by atoms with E-state index in [1.807, 2.05) is 54.6 Å². The maximum absolute atomic E-state index is 12.1. The third-order valence-corrected chi connectivity index (χ3v) is 3.87. The summed E-state index contributed by atoms with van der Waals surface area (Å²) in [4.78, 5) is 35.6. The van der Waals surface area contributed by atoms with Crippen LogP contribution in [0.2, 0.25) is 0 Å². The summed E-state index contributed by atoms with van der Waals surface area (Å²) in [7, 11) is 0. The molecule has 3 rings (SSSR count). The fourth-order valence-corrected chi connectivity index (χ4v) is 2.56. The molecule has 1 fully saturated rings. The lowest BCUT2D eigenvalue weighted by Crippen LogP contribution is -2.34. The fraction of sp³-hybridized carbons (Fsp3) is 0.211. The zero-order valence-corrected chi connectivity index (χ0v) is 13.6. The quantitative estimate of drug-likeness (QED) is 0.820. The molecule has 0 unspecified atom stereocenters. The molecule has 0 spiro atoms. The zero-order chi connectivity index (χ0) is 17.6. The average molecular weight is 338 g/mol. The second-order valence-corrected chi connectivity index (χ2v) is 5.75. The van der Waals surface area contributed by atoms with Gasteiger partial charge in [0.15, 0.2) is 0 Å². The summed E-state index contributed by atoms with van der Waals surface area (Å²) < 4.78 is 5.77. The highest BCUT2D eigenvalue weighted by molar-refractivity contribution is 6.09. The fourth-order valence-electron chi connectivity index (χ4n) is 2.56. The lowest BCUT2D eigenvalue weighted by molar-refractivity contribution is -0.130. The number of carbonyl (C=O) groups is 3. The molecule has 0 radical (unpaired) electrons. The second kappa shape index (κ2) is 7.61. The van der Waals surface area contributed by atoms with Crippen molar-refractivity contribution in [2.45, 2.75) is 19.4 Å². The first-order valence-corrected chi connectivity index (χ1v) is 8.01. The molecule has 25 heavy (non-hydrogen) atoms. The summed E-state index contributed by atoms with van der Waals surface area (Å²) in [6.07, 6.45) is 0.627. The highest BCUT2D eigenvalue weighted by atomic mass is 16.5. The molecule has 6 heteroatoms. The standard InChI is InChI=1S/C19H18N2O4/c22-17-12-21(19(24)20-17)18(23)10-9-14-7-4-8-16(11-14)25-13-15-5-2-1-3-6-15/h1-8,11H,9-10,12-13H2,(H,20,22,24). The minimum absolute atomic E-state index is 0.156. The van der Waals surface area contributed by atoms with Crippen LogP contribution in [0.5, 0.6) is 5.75 Å². The van der Waals surface area contributed by atoms with Crippen LogP contribution in [0.25, 0.3) is 0 Å². The van der Waals surface area contributed by atoms with Crippen LogP contribution < -0.4 is 10.1 Å². The number of carbonyl (C=O) groups excluding carboxylic acids is 3. The van der Waals surface area contributed by atoms with Gasteiger partial charge in [-0.25, -0.2) is 4.79 Å². The maximum atomic E-state index is 12.1. The van der Waals surface area contributed by atoms with Gasteiger partial charge in [-0.15, -0.1) is 0 Å². The Morgan fingerprint density at radius 3 is 2.52 bits per heavy atom. The van der Waals surface area contributed by atoms with Gasteiger partial charge in [-0.3, -0.25) is 19.8 Å². The molecule has 1 aliphatic heterocycles. The number of nitrogens with zero attached hydrogens (tertiary/aromatic N) is 1. The number of aryl methyl sites for hydroxylation is 1. The molecule has 0 saturated carbocycles. The van der Waals surface area contributed by atoms with Crippen molar-refractivity contribution in [2.24, 2.45) is 0 Å². The van der Waals surface area contributed by atoms with Gasteiger partial charge in [-0.05, 0) is 29.7 Å². The SMILES string of the molecule is O=C1CN(C(=O)CCc2cccc(OCc3ccccc3)c2)C(=O)N1. The van der Waals surface area contributed by atoms with Gasteiger partial charge < -0.3 is 4.74 Å². The maximum Gasteiger partial charge on any atom is 0.331 e. The molecule has 0 bridgehead atoms. The van der Waals surface area contributed by atoms with Crippen molar-refractivity contribution in [3.8, 4) is 5.75 Å². The molecule has 0 aliphatic carbocycles. The van der Waals surface area contributed by atoms with Gasteiger partial charge in [0.25, 0.3) is 0 Å². The van der Waals surface area contributed by atoms with Crippen LogP contribution in [0.1, 0.15) is 17.5 Å². The van der Waals surface area contributed by atoms with Crippen molar-refractivity contribution in [3.05, 3.63) is 65.7 Å². The van der Waals surface area contributed by atoms with Crippen molar-refractivity contribution in [3.63, 3.8) is 0 Å². The van der Waals surface area contributed by atoms with E-state index < -0.39 is 11.9 Å². The van der Waals surface area contributed by atoms with Crippen LogP contribution >= 0.6 is 0 Å². The van der Waals surface area contributed by atoms with Gasteiger partial charge in [0.05, 0.1) is 0 Å². The number of hydrogen-bond donors (Lipinski definition) is 1. The van der Waals surface area contributed by atoms with Crippen LogP contribution in [0.4, 0.5) is 4.79 Å². The van der Waals surface area contributed by atoms with Gasteiger partial charge in [-0.2, -0.15) is 0 Å². The Hall–Kier alpha value is -3.15. The Morgan fingerprint density at radius 2 is 1.80 bits per heavy atom. The first kappa shape index (κ1) is 16.7. The van der Waals surface area contributed by atoms with Gasteiger partial charge in [0.2, 0.25) is 11.8 Å². The smallest absolute Gasteiger partial charge is 0.331 e.